The summed E-state index contributed by atoms with van der Waals surface area (Å²) in [6, 6.07) is 9.46. The highest BCUT2D eigenvalue weighted by atomic mass is 19.2. The minimum atomic E-state index is -1.10. The van der Waals surface area contributed by atoms with E-state index < -0.39 is 17.5 Å². The summed E-state index contributed by atoms with van der Waals surface area (Å²) in [6.07, 6.45) is 5.67. The number of benzene rings is 3. The molecule has 9 rings (SSSR count). The van der Waals surface area contributed by atoms with E-state index in [4.69, 9.17) is 14.5 Å². The van der Waals surface area contributed by atoms with E-state index in [1.807, 2.05) is 0 Å². The molecule has 1 aromatic heterocycles. The summed E-state index contributed by atoms with van der Waals surface area (Å²) in [6.45, 7) is 4.58. The number of halogens is 3. The summed E-state index contributed by atoms with van der Waals surface area (Å²) in [7, 11) is 0. The van der Waals surface area contributed by atoms with Crippen LogP contribution in [-0.2, 0) is 4.74 Å². The molecule has 5 fully saturated rings. The number of hydrogen-bond donors (Lipinski definition) is 2. The lowest BCUT2D eigenvalue weighted by Gasteiger charge is -2.34. The van der Waals surface area contributed by atoms with Gasteiger partial charge in [0.2, 0.25) is 0 Å². The quantitative estimate of drug-likeness (QED) is 0.295. The molecule has 234 valence electrons. The predicted molar refractivity (Wildman–Crippen MR) is 163 cm³/mol. The molecule has 1 aliphatic carbocycles. The lowest BCUT2D eigenvalue weighted by molar-refractivity contribution is 0.0176. The van der Waals surface area contributed by atoms with Crippen LogP contribution in [-0.4, -0.2) is 83.6 Å². The molecule has 4 aliphatic heterocycles. The van der Waals surface area contributed by atoms with Crippen LogP contribution in [0, 0.1) is 22.9 Å². The summed E-state index contributed by atoms with van der Waals surface area (Å²) in [5, 5.41) is 14.7. The van der Waals surface area contributed by atoms with E-state index in [2.05, 4.69) is 20.1 Å². The van der Waals surface area contributed by atoms with Crippen molar-refractivity contribution in [1.29, 1.82) is 0 Å². The van der Waals surface area contributed by atoms with E-state index >= 15 is 8.78 Å². The van der Waals surface area contributed by atoms with Crippen molar-refractivity contribution in [3.8, 4) is 22.9 Å². The molecule has 0 spiro atoms. The average Bonchev–Trinajstić information content (AvgIpc) is 3.29. The normalized spacial score (nSPS) is 26.8. The van der Waals surface area contributed by atoms with E-state index in [0.29, 0.717) is 42.0 Å². The Morgan fingerprint density at radius 3 is 2.53 bits per heavy atom. The minimum Gasteiger partial charge on any atom is -0.508 e. The zero-order valence-electron chi connectivity index (χ0n) is 24.7. The van der Waals surface area contributed by atoms with Crippen molar-refractivity contribution < 1.29 is 27.8 Å². The molecule has 1 saturated carbocycles. The third-order valence-electron chi connectivity index (χ3n) is 10.6. The molecule has 2 unspecified atom stereocenters. The zero-order valence-corrected chi connectivity index (χ0v) is 24.7. The summed E-state index contributed by atoms with van der Waals surface area (Å²) >= 11 is 0. The SMILES string of the molecule is Oc1cc(-c2ccc3c(N4CC5CCC(C4)N5)nc(OCC4(CN5C[C@H]6C[C@@H]5CO6)CC4)nc3c2F)c2c(F)c(F)ccc2c1. The van der Waals surface area contributed by atoms with Crippen LogP contribution in [0.25, 0.3) is 32.8 Å². The van der Waals surface area contributed by atoms with Crippen molar-refractivity contribution in [1.82, 2.24) is 20.2 Å². The molecule has 4 aromatic rings. The largest absolute Gasteiger partial charge is 0.508 e. The number of phenolic OH excluding ortho intramolecular Hbond substituents is 1. The first-order valence-electron chi connectivity index (χ1n) is 15.9. The first-order chi connectivity index (χ1) is 21.8. The first kappa shape index (κ1) is 27.6. The van der Waals surface area contributed by atoms with Crippen LogP contribution in [0.2, 0.25) is 0 Å². The lowest BCUT2D eigenvalue weighted by Crippen LogP contribution is -2.51. The number of nitrogens with one attached hydrogen (secondary N) is 1. The van der Waals surface area contributed by atoms with Crippen molar-refractivity contribution in [3.05, 3.63) is 53.8 Å². The third-order valence-corrected chi connectivity index (χ3v) is 10.6. The molecule has 45 heavy (non-hydrogen) atoms. The van der Waals surface area contributed by atoms with Gasteiger partial charge in [-0.3, -0.25) is 4.90 Å². The summed E-state index contributed by atoms with van der Waals surface area (Å²) in [4.78, 5) is 14.2. The monoisotopic (exact) mass is 617 g/mol. The number of anilines is 1. The van der Waals surface area contributed by atoms with Crippen molar-refractivity contribution in [3.63, 3.8) is 0 Å². The lowest BCUT2D eigenvalue weighted by atomic mass is 9.95. The van der Waals surface area contributed by atoms with Crippen molar-refractivity contribution in [2.75, 3.05) is 44.3 Å². The number of rotatable bonds is 7. The van der Waals surface area contributed by atoms with Gasteiger partial charge in [-0.1, -0.05) is 12.1 Å². The second-order valence-electron chi connectivity index (χ2n) is 13.7. The van der Waals surface area contributed by atoms with Crippen LogP contribution in [0.5, 0.6) is 11.8 Å². The summed E-state index contributed by atoms with van der Waals surface area (Å²) in [5.74, 6) is -2.43. The number of ether oxygens (including phenoxy) is 2. The van der Waals surface area contributed by atoms with Crippen LogP contribution in [0.1, 0.15) is 32.1 Å². The van der Waals surface area contributed by atoms with Gasteiger partial charge in [-0.05, 0) is 67.3 Å². The van der Waals surface area contributed by atoms with Gasteiger partial charge in [-0.15, -0.1) is 0 Å². The van der Waals surface area contributed by atoms with Gasteiger partial charge in [0, 0.05) is 66.1 Å². The van der Waals surface area contributed by atoms with Crippen molar-refractivity contribution in [2.45, 2.75) is 56.3 Å². The smallest absolute Gasteiger partial charge is 0.319 e. The number of nitrogens with zero attached hydrogens (tertiary/aromatic N) is 4. The van der Waals surface area contributed by atoms with Gasteiger partial charge in [-0.2, -0.15) is 9.97 Å². The standard InChI is InChI=1S/C34H34F3N5O3/c35-27-6-1-18-9-22(43)11-26(28(18)30(27)37)24-4-5-25-31(29(24)36)39-33(40-32(25)41-12-19-2-3-20(13-41)38-19)45-17-34(7-8-34)16-42-14-23-10-21(42)15-44-23/h1,4-6,9,11,19-21,23,38,43H,2-3,7-8,10,12-17H2/t19?,20?,21-,23-/m1/s1. The Morgan fingerprint density at radius 2 is 1.80 bits per heavy atom. The molecule has 0 radical (unpaired) electrons. The van der Waals surface area contributed by atoms with Crippen LogP contribution in [0.4, 0.5) is 19.0 Å². The van der Waals surface area contributed by atoms with Gasteiger partial charge in [0.1, 0.15) is 17.1 Å². The number of aromatic nitrogens is 2. The maximum Gasteiger partial charge on any atom is 0.319 e. The number of hydrogen-bond acceptors (Lipinski definition) is 8. The Labute approximate surface area is 258 Å². The number of aromatic hydroxyl groups is 1. The van der Waals surface area contributed by atoms with Gasteiger partial charge in [0.05, 0.1) is 19.3 Å². The molecular formula is C34H34F3N5O3. The minimum absolute atomic E-state index is 0.00819. The Bertz CT molecular complexity index is 1840. The maximum atomic E-state index is 16.7. The van der Waals surface area contributed by atoms with Crippen molar-refractivity contribution >= 4 is 27.5 Å². The molecule has 11 heteroatoms. The highest BCUT2D eigenvalue weighted by Gasteiger charge is 2.49. The van der Waals surface area contributed by atoms with Gasteiger partial charge in [0.25, 0.3) is 0 Å². The average molecular weight is 618 g/mol. The molecule has 0 amide bonds. The summed E-state index contributed by atoms with van der Waals surface area (Å²) in [5.41, 5.74) is 0.115. The fraction of sp³-hybridized carbons (Fsp3) is 0.471. The number of phenols is 1. The van der Waals surface area contributed by atoms with E-state index in [1.165, 1.54) is 24.3 Å². The van der Waals surface area contributed by atoms with Crippen LogP contribution in [0.15, 0.2) is 36.4 Å². The molecule has 5 aliphatic rings. The number of fused-ring (bicyclic) bond motifs is 6. The molecule has 2 N–H and O–H groups in total. The molecule has 5 heterocycles. The number of morpholine rings is 1. The Kier molecular flexibility index (Phi) is 6.24. The zero-order chi connectivity index (χ0) is 30.4. The van der Waals surface area contributed by atoms with Crippen LogP contribution >= 0.6 is 0 Å². The molecule has 4 saturated heterocycles. The Hall–Kier alpha value is -3.67. The first-order valence-corrected chi connectivity index (χ1v) is 15.9. The van der Waals surface area contributed by atoms with Gasteiger partial charge < -0.3 is 24.8 Å². The predicted octanol–water partition coefficient (Wildman–Crippen LogP) is 5.15. The van der Waals surface area contributed by atoms with E-state index in [0.717, 1.165) is 71.0 Å². The fourth-order valence-corrected chi connectivity index (χ4v) is 8.05. The third kappa shape index (κ3) is 4.70. The Morgan fingerprint density at radius 1 is 0.978 bits per heavy atom. The highest BCUT2D eigenvalue weighted by Crippen LogP contribution is 2.48. The maximum absolute atomic E-state index is 16.7. The van der Waals surface area contributed by atoms with Crippen LogP contribution < -0.4 is 15.0 Å². The molecule has 3 aromatic carbocycles. The van der Waals surface area contributed by atoms with E-state index in [9.17, 15) is 9.50 Å². The molecule has 4 bridgehead atoms. The highest BCUT2D eigenvalue weighted by molar-refractivity contribution is 6.01. The van der Waals surface area contributed by atoms with Crippen LogP contribution in [0.3, 0.4) is 0 Å². The molecular weight excluding hydrogens is 583 g/mol. The second kappa shape index (κ2) is 10.2. The molecule has 8 nitrogen and oxygen atoms in total. The fourth-order valence-electron chi connectivity index (χ4n) is 8.05. The van der Waals surface area contributed by atoms with Crippen molar-refractivity contribution in [2.24, 2.45) is 5.41 Å². The van der Waals surface area contributed by atoms with Gasteiger partial charge in [0.15, 0.2) is 17.5 Å². The van der Waals surface area contributed by atoms with E-state index in [-0.39, 0.29) is 44.6 Å². The number of piperazine rings is 1. The Balaban J connectivity index is 1.12. The van der Waals surface area contributed by atoms with Gasteiger partial charge in [-0.25, -0.2) is 13.2 Å². The number of likely N-dealkylation sites (tertiary alicyclic amines) is 1. The van der Waals surface area contributed by atoms with Gasteiger partial charge >= 0.3 is 6.01 Å². The molecule has 4 atom stereocenters. The summed E-state index contributed by atoms with van der Waals surface area (Å²) < 4.78 is 58.3. The second-order valence-corrected chi connectivity index (χ2v) is 13.7. The topological polar surface area (TPSA) is 83.0 Å². The van der Waals surface area contributed by atoms with E-state index in [1.54, 1.807) is 6.07 Å².